The van der Waals surface area contributed by atoms with Crippen LogP contribution in [0.25, 0.3) is 0 Å². The number of anilines is 3. The Hall–Kier alpha value is -4.12. The molecule has 3 rings (SSSR count). The van der Waals surface area contributed by atoms with E-state index in [1.807, 2.05) is 48.5 Å². The van der Waals surface area contributed by atoms with Gasteiger partial charge in [0.1, 0.15) is 0 Å². The van der Waals surface area contributed by atoms with Crippen LogP contribution in [0.2, 0.25) is 0 Å². The molecule has 0 atom stereocenters. The van der Waals surface area contributed by atoms with E-state index in [-0.39, 0.29) is 19.1 Å². The van der Waals surface area contributed by atoms with Crippen LogP contribution in [0.1, 0.15) is 5.56 Å². The van der Waals surface area contributed by atoms with Gasteiger partial charge in [-0.1, -0.05) is 61.7 Å². The van der Waals surface area contributed by atoms with Crippen molar-refractivity contribution in [3.05, 3.63) is 116 Å². The molecule has 168 valence electrons. The molecular weight excluding hydrogens is 414 g/mol. The highest BCUT2D eigenvalue weighted by molar-refractivity contribution is 5.81. The topological polar surface area (TPSA) is 55.8 Å². The van der Waals surface area contributed by atoms with Gasteiger partial charge < -0.3 is 14.4 Å². The monoisotopic (exact) mass is 441 g/mol. The first-order chi connectivity index (χ1) is 16.1. The van der Waals surface area contributed by atoms with E-state index >= 15 is 0 Å². The van der Waals surface area contributed by atoms with Crippen LogP contribution in [0.4, 0.5) is 17.1 Å². The Morgan fingerprint density at radius 3 is 1.55 bits per heavy atom. The molecule has 0 amide bonds. The molecule has 33 heavy (non-hydrogen) atoms. The minimum atomic E-state index is -0.508. The molecule has 0 aliphatic heterocycles. The average molecular weight is 442 g/mol. The molecule has 5 nitrogen and oxygen atoms in total. The van der Waals surface area contributed by atoms with Crippen LogP contribution in [-0.4, -0.2) is 25.2 Å². The smallest absolute Gasteiger partial charge is 0.330 e. The number of benzene rings is 3. The van der Waals surface area contributed by atoms with Gasteiger partial charge in [-0.3, -0.25) is 0 Å². The Kier molecular flexibility index (Phi) is 8.60. The molecule has 0 heterocycles. The lowest BCUT2D eigenvalue weighted by Gasteiger charge is -2.25. The highest BCUT2D eigenvalue weighted by Gasteiger charge is 2.16. The van der Waals surface area contributed by atoms with E-state index in [1.165, 1.54) is 0 Å². The highest BCUT2D eigenvalue weighted by Crippen LogP contribution is 2.34. The van der Waals surface area contributed by atoms with Crippen molar-refractivity contribution >= 4 is 29.0 Å². The zero-order valence-electron chi connectivity index (χ0n) is 18.4. The second-order valence-electron chi connectivity index (χ2n) is 7.41. The third-order valence-electron chi connectivity index (χ3n) is 5.00. The van der Waals surface area contributed by atoms with Crippen LogP contribution in [0, 0.1) is 5.92 Å². The van der Waals surface area contributed by atoms with Gasteiger partial charge >= 0.3 is 11.9 Å². The SMILES string of the molecule is C=CC(=O)OCC(COC(=O)C=C)Cc1ccc(N(c2ccccc2)c2ccccc2)cc1. The summed E-state index contributed by atoms with van der Waals surface area (Å²) in [6.07, 6.45) is 2.80. The van der Waals surface area contributed by atoms with E-state index in [0.717, 1.165) is 34.8 Å². The van der Waals surface area contributed by atoms with Gasteiger partial charge in [-0.05, 0) is 48.4 Å². The first-order valence-corrected chi connectivity index (χ1v) is 10.7. The molecule has 5 heteroatoms. The third-order valence-corrected chi connectivity index (χ3v) is 5.00. The predicted molar refractivity (Wildman–Crippen MR) is 131 cm³/mol. The fourth-order valence-electron chi connectivity index (χ4n) is 3.40. The average Bonchev–Trinajstić information content (AvgIpc) is 2.87. The summed E-state index contributed by atoms with van der Waals surface area (Å²) in [4.78, 5) is 25.1. The van der Waals surface area contributed by atoms with E-state index in [0.29, 0.717) is 6.42 Å². The van der Waals surface area contributed by atoms with Crippen molar-refractivity contribution in [3.8, 4) is 0 Å². The highest BCUT2D eigenvalue weighted by atomic mass is 16.5. The van der Waals surface area contributed by atoms with E-state index in [4.69, 9.17) is 9.47 Å². The number of hydrogen-bond donors (Lipinski definition) is 0. The van der Waals surface area contributed by atoms with Crippen LogP contribution in [0.3, 0.4) is 0 Å². The van der Waals surface area contributed by atoms with Gasteiger partial charge in [0.05, 0.1) is 13.2 Å². The second-order valence-corrected chi connectivity index (χ2v) is 7.41. The first-order valence-electron chi connectivity index (χ1n) is 10.7. The number of carbonyl (C=O) groups is 2. The number of esters is 2. The van der Waals surface area contributed by atoms with Gasteiger partial charge in [0.15, 0.2) is 0 Å². The summed E-state index contributed by atoms with van der Waals surface area (Å²) < 4.78 is 10.4. The van der Waals surface area contributed by atoms with Crippen molar-refractivity contribution < 1.29 is 19.1 Å². The van der Waals surface area contributed by atoms with Gasteiger partial charge in [0.2, 0.25) is 0 Å². The van der Waals surface area contributed by atoms with Crippen LogP contribution in [-0.2, 0) is 25.5 Å². The number of nitrogens with zero attached hydrogens (tertiary/aromatic N) is 1. The maximum atomic E-state index is 11.5. The van der Waals surface area contributed by atoms with Gasteiger partial charge in [0.25, 0.3) is 0 Å². The Morgan fingerprint density at radius 1 is 0.697 bits per heavy atom. The maximum Gasteiger partial charge on any atom is 0.330 e. The molecule has 0 fully saturated rings. The normalized spacial score (nSPS) is 10.3. The van der Waals surface area contributed by atoms with Crippen LogP contribution in [0.15, 0.2) is 110 Å². The molecule has 0 aliphatic rings. The second kappa shape index (κ2) is 12.1. The summed E-state index contributed by atoms with van der Waals surface area (Å²) in [7, 11) is 0. The summed E-state index contributed by atoms with van der Waals surface area (Å²) >= 11 is 0. The van der Waals surface area contributed by atoms with Crippen molar-refractivity contribution in [3.63, 3.8) is 0 Å². The van der Waals surface area contributed by atoms with Crippen LogP contribution >= 0.6 is 0 Å². The minimum absolute atomic E-state index is 0.122. The maximum absolute atomic E-state index is 11.5. The quantitative estimate of drug-likeness (QED) is 0.279. The minimum Gasteiger partial charge on any atom is -0.462 e. The summed E-state index contributed by atoms with van der Waals surface area (Å²) in [5, 5.41) is 0. The number of ether oxygens (including phenoxy) is 2. The van der Waals surface area contributed by atoms with E-state index in [2.05, 4.69) is 54.5 Å². The van der Waals surface area contributed by atoms with Gasteiger partial charge in [-0.15, -0.1) is 0 Å². The van der Waals surface area contributed by atoms with Crippen molar-refractivity contribution in [2.75, 3.05) is 18.1 Å². The molecule has 3 aromatic carbocycles. The Balaban J connectivity index is 1.79. The number of para-hydroxylation sites is 2. The Bertz CT molecular complexity index is 999. The molecular formula is C28H27NO4. The summed E-state index contributed by atoms with van der Waals surface area (Å²) in [6, 6.07) is 28.5. The van der Waals surface area contributed by atoms with Crippen LogP contribution in [0.5, 0.6) is 0 Å². The summed E-state index contributed by atoms with van der Waals surface area (Å²) in [5.41, 5.74) is 4.17. The standard InChI is InChI=1S/C28H27NO4/c1-3-27(30)32-20-23(21-33-28(31)4-2)19-22-15-17-26(18-16-22)29(24-11-7-5-8-12-24)25-13-9-6-10-14-25/h3-18,23H,1-2,19-21H2. The van der Waals surface area contributed by atoms with Crippen molar-refractivity contribution in [2.24, 2.45) is 5.92 Å². The zero-order valence-corrected chi connectivity index (χ0v) is 18.4. The largest absolute Gasteiger partial charge is 0.462 e. The van der Waals surface area contributed by atoms with Gasteiger partial charge in [0, 0.05) is 35.1 Å². The lowest BCUT2D eigenvalue weighted by atomic mass is 10.00. The molecule has 0 bridgehead atoms. The van der Waals surface area contributed by atoms with Gasteiger partial charge in [-0.25, -0.2) is 9.59 Å². The van der Waals surface area contributed by atoms with E-state index in [1.54, 1.807) is 0 Å². The zero-order chi connectivity index (χ0) is 23.5. The number of rotatable bonds is 11. The fraction of sp³-hybridized carbons (Fsp3) is 0.143. The Morgan fingerprint density at radius 2 is 1.12 bits per heavy atom. The molecule has 0 saturated carbocycles. The Labute approximate surface area is 194 Å². The molecule has 0 saturated heterocycles. The third kappa shape index (κ3) is 6.94. The van der Waals surface area contributed by atoms with E-state index in [9.17, 15) is 9.59 Å². The summed E-state index contributed by atoms with van der Waals surface area (Å²) in [6.45, 7) is 7.06. The molecule has 0 spiro atoms. The number of carbonyl (C=O) groups excluding carboxylic acids is 2. The molecule has 0 aliphatic carbocycles. The lowest BCUT2D eigenvalue weighted by Crippen LogP contribution is -2.22. The van der Waals surface area contributed by atoms with Crippen molar-refractivity contribution in [1.29, 1.82) is 0 Å². The predicted octanol–water partition coefficient (Wildman–Crippen LogP) is 5.77. The molecule has 0 aromatic heterocycles. The molecule has 3 aromatic rings. The molecule has 0 N–H and O–H groups in total. The lowest BCUT2D eigenvalue weighted by molar-refractivity contribution is -0.142. The molecule has 0 radical (unpaired) electrons. The first kappa shape index (κ1) is 23.5. The van der Waals surface area contributed by atoms with E-state index < -0.39 is 11.9 Å². The van der Waals surface area contributed by atoms with Crippen LogP contribution < -0.4 is 4.90 Å². The number of hydrogen-bond acceptors (Lipinski definition) is 5. The van der Waals surface area contributed by atoms with Crippen molar-refractivity contribution in [1.82, 2.24) is 0 Å². The van der Waals surface area contributed by atoms with Crippen molar-refractivity contribution in [2.45, 2.75) is 6.42 Å². The molecule has 0 unspecified atom stereocenters. The van der Waals surface area contributed by atoms with Gasteiger partial charge in [-0.2, -0.15) is 0 Å². The summed E-state index contributed by atoms with van der Waals surface area (Å²) in [5.74, 6) is -1.21. The fourth-order valence-corrected chi connectivity index (χ4v) is 3.40.